The van der Waals surface area contributed by atoms with Gasteiger partial charge < -0.3 is 5.73 Å². The van der Waals surface area contributed by atoms with Gasteiger partial charge in [0.15, 0.2) is 0 Å². The smallest absolute Gasteiger partial charge is 0.0171 e. The van der Waals surface area contributed by atoms with E-state index in [-0.39, 0.29) is 0 Å². The van der Waals surface area contributed by atoms with Gasteiger partial charge in [0.1, 0.15) is 0 Å². The molecule has 0 aliphatic heterocycles. The monoisotopic (exact) mass is 209 g/mol. The molecular weight excluding hydrogens is 190 g/mol. The van der Waals surface area contributed by atoms with Crippen LogP contribution in [0.2, 0.25) is 0 Å². The van der Waals surface area contributed by atoms with Crippen molar-refractivity contribution in [2.24, 2.45) is 5.73 Å². The maximum Gasteiger partial charge on any atom is 0.0171 e. The third-order valence-corrected chi connectivity index (χ3v) is 3.35. The van der Waals surface area contributed by atoms with Crippen LogP contribution in [0.3, 0.4) is 0 Å². The maximum atomic E-state index is 6.04. The van der Waals surface area contributed by atoms with Gasteiger partial charge in [0.05, 0.1) is 0 Å². The van der Waals surface area contributed by atoms with Crippen LogP contribution in [0.1, 0.15) is 18.1 Å². The summed E-state index contributed by atoms with van der Waals surface area (Å²) < 4.78 is 0. The van der Waals surface area contributed by atoms with Gasteiger partial charge in [0.25, 0.3) is 0 Å². The van der Waals surface area contributed by atoms with Gasteiger partial charge in [-0.2, -0.15) is 11.8 Å². The van der Waals surface area contributed by atoms with E-state index < -0.39 is 0 Å². The Balaban J connectivity index is 2.47. The Morgan fingerprint density at radius 1 is 1.36 bits per heavy atom. The van der Waals surface area contributed by atoms with E-state index in [0.717, 1.165) is 17.9 Å². The molecule has 1 nitrogen and oxygen atoms in total. The van der Waals surface area contributed by atoms with Crippen LogP contribution in [0.4, 0.5) is 0 Å². The number of benzene rings is 1. The Bertz CT molecular complexity index is 273. The standard InChI is InChI=1S/C12H19NS/c1-3-14-9-12(13)8-11-7-5-4-6-10(11)2/h4-7,12H,3,8-9,13H2,1-2H3. The summed E-state index contributed by atoms with van der Waals surface area (Å²) in [7, 11) is 0. The molecule has 0 spiro atoms. The summed E-state index contributed by atoms with van der Waals surface area (Å²) in [6.45, 7) is 4.32. The van der Waals surface area contributed by atoms with Crippen molar-refractivity contribution in [3.8, 4) is 0 Å². The lowest BCUT2D eigenvalue weighted by atomic mass is 10.0. The number of thioether (sulfide) groups is 1. The van der Waals surface area contributed by atoms with Gasteiger partial charge in [-0.1, -0.05) is 31.2 Å². The molecule has 0 aliphatic rings. The number of aryl methyl sites for hydroxylation is 1. The van der Waals surface area contributed by atoms with Crippen molar-refractivity contribution in [3.05, 3.63) is 35.4 Å². The second kappa shape index (κ2) is 6.10. The number of hydrogen-bond donors (Lipinski definition) is 1. The molecular formula is C12H19NS. The van der Waals surface area contributed by atoms with Gasteiger partial charge in [-0.3, -0.25) is 0 Å². The normalized spacial score (nSPS) is 12.8. The van der Waals surface area contributed by atoms with Crippen LogP contribution in [0.25, 0.3) is 0 Å². The minimum Gasteiger partial charge on any atom is -0.327 e. The Labute approximate surface area is 91.1 Å². The fourth-order valence-corrected chi connectivity index (χ4v) is 2.11. The lowest BCUT2D eigenvalue weighted by molar-refractivity contribution is 0.745. The van der Waals surface area contributed by atoms with Crippen molar-refractivity contribution < 1.29 is 0 Å². The van der Waals surface area contributed by atoms with Crippen molar-refractivity contribution in [2.45, 2.75) is 26.3 Å². The Hall–Kier alpha value is -0.470. The number of rotatable bonds is 5. The first kappa shape index (κ1) is 11.6. The van der Waals surface area contributed by atoms with Crippen molar-refractivity contribution in [1.82, 2.24) is 0 Å². The number of hydrogen-bond acceptors (Lipinski definition) is 2. The average molecular weight is 209 g/mol. The van der Waals surface area contributed by atoms with Crippen molar-refractivity contribution >= 4 is 11.8 Å². The Morgan fingerprint density at radius 2 is 2.07 bits per heavy atom. The molecule has 78 valence electrons. The molecule has 2 heteroatoms. The zero-order valence-corrected chi connectivity index (χ0v) is 9.81. The predicted molar refractivity (Wildman–Crippen MR) is 65.9 cm³/mol. The van der Waals surface area contributed by atoms with E-state index in [4.69, 9.17) is 5.73 Å². The predicted octanol–water partition coefficient (Wildman–Crippen LogP) is 2.62. The zero-order chi connectivity index (χ0) is 10.4. The SMILES string of the molecule is CCSCC(N)Cc1ccccc1C. The van der Waals surface area contributed by atoms with Crippen molar-refractivity contribution in [1.29, 1.82) is 0 Å². The molecule has 0 aromatic heterocycles. The van der Waals surface area contributed by atoms with Gasteiger partial charge in [-0.15, -0.1) is 0 Å². The highest BCUT2D eigenvalue weighted by molar-refractivity contribution is 7.99. The first-order valence-electron chi connectivity index (χ1n) is 5.12. The van der Waals surface area contributed by atoms with E-state index in [0.29, 0.717) is 6.04 Å². The molecule has 14 heavy (non-hydrogen) atoms. The minimum atomic E-state index is 0.293. The van der Waals surface area contributed by atoms with Gasteiger partial charge in [0, 0.05) is 11.8 Å². The highest BCUT2D eigenvalue weighted by Crippen LogP contribution is 2.11. The molecule has 1 aromatic carbocycles. The molecule has 1 aromatic rings. The highest BCUT2D eigenvalue weighted by Gasteiger charge is 2.05. The van der Waals surface area contributed by atoms with E-state index in [2.05, 4.69) is 38.1 Å². The van der Waals surface area contributed by atoms with E-state index in [1.165, 1.54) is 11.1 Å². The molecule has 2 N–H and O–H groups in total. The summed E-state index contributed by atoms with van der Waals surface area (Å²) in [4.78, 5) is 0. The lowest BCUT2D eigenvalue weighted by Gasteiger charge is -2.12. The fraction of sp³-hybridized carbons (Fsp3) is 0.500. The molecule has 1 rings (SSSR count). The topological polar surface area (TPSA) is 26.0 Å². The largest absolute Gasteiger partial charge is 0.327 e. The molecule has 0 radical (unpaired) electrons. The first-order valence-corrected chi connectivity index (χ1v) is 6.27. The molecule has 1 unspecified atom stereocenters. The third-order valence-electron chi connectivity index (χ3n) is 2.28. The molecule has 0 heterocycles. The van der Waals surface area contributed by atoms with Gasteiger partial charge in [-0.25, -0.2) is 0 Å². The summed E-state index contributed by atoms with van der Waals surface area (Å²) in [6.07, 6.45) is 1.000. The summed E-state index contributed by atoms with van der Waals surface area (Å²) in [5.41, 5.74) is 8.78. The van der Waals surface area contributed by atoms with E-state index in [9.17, 15) is 0 Å². The van der Waals surface area contributed by atoms with Crippen LogP contribution in [-0.4, -0.2) is 17.5 Å². The molecule has 0 amide bonds. The van der Waals surface area contributed by atoms with Crippen LogP contribution >= 0.6 is 11.8 Å². The van der Waals surface area contributed by atoms with Crippen LogP contribution in [0, 0.1) is 6.92 Å². The highest BCUT2D eigenvalue weighted by atomic mass is 32.2. The summed E-state index contributed by atoms with van der Waals surface area (Å²) in [5.74, 6) is 2.21. The molecule has 0 saturated carbocycles. The van der Waals surface area contributed by atoms with Gasteiger partial charge in [-0.05, 0) is 30.2 Å². The van der Waals surface area contributed by atoms with Crippen molar-refractivity contribution in [3.63, 3.8) is 0 Å². The second-order valence-electron chi connectivity index (χ2n) is 3.55. The van der Waals surface area contributed by atoms with E-state index >= 15 is 0 Å². The third kappa shape index (κ3) is 3.72. The maximum absolute atomic E-state index is 6.04. The average Bonchev–Trinajstić information content (AvgIpc) is 2.18. The minimum absolute atomic E-state index is 0.293. The molecule has 0 fully saturated rings. The lowest BCUT2D eigenvalue weighted by Crippen LogP contribution is -2.26. The molecule has 0 bridgehead atoms. The summed E-state index contributed by atoms with van der Waals surface area (Å²) in [5, 5.41) is 0. The first-order chi connectivity index (χ1) is 6.74. The Kier molecular flexibility index (Phi) is 5.05. The van der Waals surface area contributed by atoms with Crippen LogP contribution in [-0.2, 0) is 6.42 Å². The van der Waals surface area contributed by atoms with E-state index in [1.807, 2.05) is 11.8 Å². The Morgan fingerprint density at radius 3 is 2.71 bits per heavy atom. The fourth-order valence-electron chi connectivity index (χ4n) is 1.45. The molecule has 1 atom stereocenters. The van der Waals surface area contributed by atoms with E-state index in [1.54, 1.807) is 0 Å². The summed E-state index contributed by atoms with van der Waals surface area (Å²) in [6, 6.07) is 8.77. The van der Waals surface area contributed by atoms with Gasteiger partial charge >= 0.3 is 0 Å². The van der Waals surface area contributed by atoms with Gasteiger partial charge in [0.2, 0.25) is 0 Å². The molecule has 0 aliphatic carbocycles. The van der Waals surface area contributed by atoms with Crippen molar-refractivity contribution in [2.75, 3.05) is 11.5 Å². The summed E-state index contributed by atoms with van der Waals surface area (Å²) >= 11 is 1.92. The van der Waals surface area contributed by atoms with Crippen LogP contribution in [0.15, 0.2) is 24.3 Å². The quantitative estimate of drug-likeness (QED) is 0.806. The molecule has 0 saturated heterocycles. The zero-order valence-electron chi connectivity index (χ0n) is 8.99. The van der Waals surface area contributed by atoms with Crippen LogP contribution < -0.4 is 5.73 Å². The number of nitrogens with two attached hydrogens (primary N) is 1. The second-order valence-corrected chi connectivity index (χ2v) is 4.87. The van der Waals surface area contributed by atoms with Crippen LogP contribution in [0.5, 0.6) is 0 Å².